The van der Waals surface area contributed by atoms with Gasteiger partial charge in [-0.1, -0.05) is 22.9 Å². The van der Waals surface area contributed by atoms with E-state index in [2.05, 4.69) is 10.3 Å². The minimum Gasteiger partial charge on any atom is -0.480 e. The van der Waals surface area contributed by atoms with Crippen LogP contribution in [0.15, 0.2) is 28.5 Å². The van der Waals surface area contributed by atoms with E-state index >= 15 is 0 Å². The van der Waals surface area contributed by atoms with E-state index in [0.29, 0.717) is 10.7 Å². The molecule has 87 valence electrons. The summed E-state index contributed by atoms with van der Waals surface area (Å²) in [5.41, 5.74) is 1.55. The van der Waals surface area contributed by atoms with Gasteiger partial charge < -0.3 is 5.11 Å². The molecule has 1 aromatic rings. The first-order valence-corrected chi connectivity index (χ1v) is 4.97. The monoisotopic (exact) mass is 264 g/mol. The number of aryl methyl sites for hydroxylation is 1. The largest absolute Gasteiger partial charge is 0.480 e. The Bertz CT molecular complexity index is 426. The molecule has 0 amide bonds. The van der Waals surface area contributed by atoms with Gasteiger partial charge in [-0.25, -0.2) is 0 Å². The first-order chi connectivity index (χ1) is 7.49. The Morgan fingerprint density at radius 3 is 2.71 bits per heavy atom. The van der Waals surface area contributed by atoms with Crippen LogP contribution in [0.4, 0.5) is 5.69 Å². The van der Waals surface area contributed by atoms with Gasteiger partial charge in [-0.2, -0.15) is 0 Å². The maximum absolute atomic E-state index is 10.4. The topological polar surface area (TPSA) is 65.3 Å². The number of rotatable bonds is 4. The van der Waals surface area contributed by atoms with Gasteiger partial charge in [0, 0.05) is 41.6 Å². The molecule has 0 aliphatic rings. The van der Waals surface area contributed by atoms with E-state index in [0.717, 1.165) is 5.56 Å². The quantitative estimate of drug-likeness (QED) is 0.515. The van der Waals surface area contributed by atoms with E-state index in [1.54, 1.807) is 12.1 Å². The fourth-order valence-corrected chi connectivity index (χ4v) is 1.17. The summed E-state index contributed by atoms with van der Waals surface area (Å²) in [4.78, 5) is 10.4. The number of hydrogen-bond donors (Lipinski definition) is 1. The SMILES string of the molecule is Cc1ccc(N=NN(C)CC(=O)O)cc1Cl.[Na]. The predicted molar refractivity (Wildman–Crippen MR) is 66.7 cm³/mol. The Kier molecular flexibility index (Phi) is 7.38. The molecule has 0 heterocycles. The van der Waals surface area contributed by atoms with Gasteiger partial charge in [-0.05, 0) is 24.6 Å². The average Bonchev–Trinajstić information content (AvgIpc) is 2.19. The minimum atomic E-state index is -0.955. The Hall–Kier alpha value is -0.620. The number of hydrogen-bond acceptors (Lipinski definition) is 3. The van der Waals surface area contributed by atoms with Crippen LogP contribution in [0, 0.1) is 6.92 Å². The average molecular weight is 265 g/mol. The zero-order valence-electron chi connectivity index (χ0n) is 10.0. The Morgan fingerprint density at radius 1 is 1.53 bits per heavy atom. The second-order valence-corrected chi connectivity index (χ2v) is 3.74. The summed E-state index contributed by atoms with van der Waals surface area (Å²) in [6, 6.07) is 5.27. The van der Waals surface area contributed by atoms with Crippen molar-refractivity contribution in [2.75, 3.05) is 13.6 Å². The number of halogens is 1. The van der Waals surface area contributed by atoms with Gasteiger partial charge in [0.15, 0.2) is 0 Å². The van der Waals surface area contributed by atoms with Crippen molar-refractivity contribution >= 4 is 52.8 Å². The van der Waals surface area contributed by atoms with Gasteiger partial charge in [0.1, 0.15) is 6.54 Å². The molecule has 0 atom stereocenters. The van der Waals surface area contributed by atoms with Gasteiger partial charge in [-0.3, -0.25) is 9.80 Å². The summed E-state index contributed by atoms with van der Waals surface area (Å²) in [6.45, 7) is 1.70. The van der Waals surface area contributed by atoms with Gasteiger partial charge in [-0.15, -0.1) is 5.11 Å². The summed E-state index contributed by atoms with van der Waals surface area (Å²) >= 11 is 5.90. The number of nitrogens with zero attached hydrogens (tertiary/aromatic N) is 3. The normalized spacial score (nSPS) is 10.1. The molecular formula is C10H12ClN3NaO2. The molecule has 0 aromatic heterocycles. The predicted octanol–water partition coefficient (Wildman–Crippen LogP) is 2.28. The standard InChI is InChI=1S/C10H12ClN3O2.Na/c1-7-3-4-8(5-9(7)11)12-13-14(2)6-10(15)16;/h3-5H,6H2,1-2H3,(H,15,16);. The maximum Gasteiger partial charge on any atom is 0.324 e. The van der Waals surface area contributed by atoms with E-state index < -0.39 is 5.97 Å². The maximum atomic E-state index is 10.4. The molecule has 1 N–H and O–H groups in total. The second-order valence-electron chi connectivity index (χ2n) is 3.33. The molecule has 0 spiro atoms. The third-order valence-electron chi connectivity index (χ3n) is 1.83. The summed E-state index contributed by atoms with van der Waals surface area (Å²) in [7, 11) is 1.54. The molecule has 0 unspecified atom stereocenters. The number of carbonyl (C=O) groups is 1. The summed E-state index contributed by atoms with van der Waals surface area (Å²) < 4.78 is 0. The molecule has 0 fully saturated rings. The van der Waals surface area contributed by atoms with Crippen LogP contribution in [0.25, 0.3) is 0 Å². The summed E-state index contributed by atoms with van der Waals surface area (Å²) in [6.07, 6.45) is 0. The van der Waals surface area contributed by atoms with Crippen molar-refractivity contribution in [3.63, 3.8) is 0 Å². The van der Waals surface area contributed by atoms with Crippen molar-refractivity contribution in [1.82, 2.24) is 5.01 Å². The van der Waals surface area contributed by atoms with Crippen molar-refractivity contribution in [2.24, 2.45) is 10.3 Å². The van der Waals surface area contributed by atoms with Crippen molar-refractivity contribution in [3.8, 4) is 0 Å². The zero-order valence-corrected chi connectivity index (χ0v) is 12.8. The molecule has 0 aliphatic heterocycles. The number of carboxylic acids is 1. The molecule has 7 heteroatoms. The van der Waals surface area contributed by atoms with Gasteiger partial charge >= 0.3 is 5.97 Å². The van der Waals surface area contributed by atoms with Crippen molar-refractivity contribution in [1.29, 1.82) is 0 Å². The fourth-order valence-electron chi connectivity index (χ4n) is 0.999. The van der Waals surface area contributed by atoms with Crippen LogP contribution in [0.2, 0.25) is 5.02 Å². The molecule has 17 heavy (non-hydrogen) atoms. The number of likely N-dealkylation sites (N-methyl/N-ethyl adjacent to an activating group) is 1. The van der Waals surface area contributed by atoms with Crippen molar-refractivity contribution in [2.45, 2.75) is 6.92 Å². The van der Waals surface area contributed by atoms with Crippen LogP contribution in [0.1, 0.15) is 5.56 Å². The minimum absolute atomic E-state index is 0. The molecule has 1 radical (unpaired) electrons. The molecule has 0 saturated heterocycles. The fraction of sp³-hybridized carbons (Fsp3) is 0.300. The van der Waals surface area contributed by atoms with E-state index in [4.69, 9.17) is 16.7 Å². The van der Waals surface area contributed by atoms with Gasteiger partial charge in [0.2, 0.25) is 0 Å². The van der Waals surface area contributed by atoms with Gasteiger partial charge in [0.25, 0.3) is 0 Å². The first-order valence-electron chi connectivity index (χ1n) is 4.60. The second kappa shape index (κ2) is 7.66. The molecule has 0 aliphatic carbocycles. The van der Waals surface area contributed by atoms with Crippen LogP contribution in [0.3, 0.4) is 0 Å². The molecule has 1 aromatic carbocycles. The third kappa shape index (κ3) is 6.02. The number of aliphatic carboxylic acids is 1. The molecule has 5 nitrogen and oxygen atoms in total. The molecule has 1 rings (SSSR count). The first kappa shape index (κ1) is 16.4. The summed E-state index contributed by atoms with van der Waals surface area (Å²) in [5.74, 6) is -0.955. The van der Waals surface area contributed by atoms with Gasteiger partial charge in [0.05, 0.1) is 5.69 Å². The van der Waals surface area contributed by atoms with Crippen LogP contribution in [-0.4, -0.2) is 59.2 Å². The Morgan fingerprint density at radius 2 is 2.18 bits per heavy atom. The summed E-state index contributed by atoms with van der Waals surface area (Å²) in [5, 5.41) is 17.9. The van der Waals surface area contributed by atoms with Crippen molar-refractivity contribution < 1.29 is 9.90 Å². The smallest absolute Gasteiger partial charge is 0.324 e. The van der Waals surface area contributed by atoms with E-state index in [-0.39, 0.29) is 36.1 Å². The Balaban J connectivity index is 0.00000256. The van der Waals surface area contributed by atoms with E-state index in [9.17, 15) is 4.79 Å². The van der Waals surface area contributed by atoms with E-state index in [1.165, 1.54) is 12.1 Å². The van der Waals surface area contributed by atoms with Crippen LogP contribution >= 0.6 is 11.6 Å². The van der Waals surface area contributed by atoms with E-state index in [1.807, 2.05) is 13.0 Å². The van der Waals surface area contributed by atoms with Crippen LogP contribution < -0.4 is 0 Å². The molecular weight excluding hydrogens is 253 g/mol. The van der Waals surface area contributed by atoms with Crippen molar-refractivity contribution in [3.05, 3.63) is 28.8 Å². The number of benzene rings is 1. The molecule has 0 bridgehead atoms. The van der Waals surface area contributed by atoms with Crippen LogP contribution in [0.5, 0.6) is 0 Å². The Labute approximate surface area is 127 Å². The van der Waals surface area contributed by atoms with Crippen LogP contribution in [-0.2, 0) is 4.79 Å². The third-order valence-corrected chi connectivity index (χ3v) is 2.24. The number of carboxylic acid groups (broad SMARTS) is 1. The molecule has 0 saturated carbocycles. The zero-order chi connectivity index (χ0) is 12.1.